The van der Waals surface area contributed by atoms with Crippen LogP contribution < -0.4 is 10.5 Å². The lowest BCUT2D eigenvalue weighted by Gasteiger charge is -2.13. The molecule has 0 unspecified atom stereocenters. The summed E-state index contributed by atoms with van der Waals surface area (Å²) in [6, 6.07) is 7.27. The number of sulfonamides is 1. The normalized spacial score (nSPS) is 11.3. The molecular formula is C13H14FN3O2S. The fraction of sp³-hybridized carbons (Fsp3) is 0.154. The number of benzene rings is 1. The number of pyridine rings is 1. The summed E-state index contributed by atoms with van der Waals surface area (Å²) in [5.41, 5.74) is 7.18. The molecule has 0 radical (unpaired) electrons. The van der Waals surface area contributed by atoms with Crippen LogP contribution in [0.2, 0.25) is 0 Å². The molecule has 0 amide bonds. The van der Waals surface area contributed by atoms with Gasteiger partial charge < -0.3 is 5.73 Å². The highest BCUT2D eigenvalue weighted by molar-refractivity contribution is 7.93. The second kappa shape index (κ2) is 5.09. The summed E-state index contributed by atoms with van der Waals surface area (Å²) >= 11 is 0. The van der Waals surface area contributed by atoms with Gasteiger partial charge in [-0.05, 0) is 37.1 Å². The Hall–Kier alpha value is -2.15. The minimum Gasteiger partial charge on any atom is -0.397 e. The van der Waals surface area contributed by atoms with Crippen LogP contribution in [-0.4, -0.2) is 13.4 Å². The third-order valence-corrected chi connectivity index (χ3v) is 4.39. The van der Waals surface area contributed by atoms with E-state index in [2.05, 4.69) is 9.71 Å². The topological polar surface area (TPSA) is 85.1 Å². The number of aromatic nitrogens is 1. The Morgan fingerprint density at radius 2 is 1.80 bits per heavy atom. The number of halogens is 1. The predicted octanol–water partition coefficient (Wildman–Crippen LogP) is 2.22. The zero-order valence-corrected chi connectivity index (χ0v) is 11.8. The van der Waals surface area contributed by atoms with Crippen LogP contribution in [0.3, 0.4) is 0 Å². The fourth-order valence-corrected chi connectivity index (χ4v) is 3.25. The van der Waals surface area contributed by atoms with Crippen molar-refractivity contribution in [3.05, 3.63) is 47.4 Å². The number of anilines is 2. The van der Waals surface area contributed by atoms with Gasteiger partial charge in [0.2, 0.25) is 5.95 Å². The average molecular weight is 295 g/mol. The van der Waals surface area contributed by atoms with Crippen molar-refractivity contribution in [1.29, 1.82) is 0 Å². The summed E-state index contributed by atoms with van der Waals surface area (Å²) in [5.74, 6) is -0.857. The summed E-state index contributed by atoms with van der Waals surface area (Å²) in [6.07, 6.45) is 0. The number of rotatable bonds is 3. The molecule has 1 aromatic carbocycles. The Bertz CT molecular complexity index is 760. The standard InChI is InChI=1S/C13H14FN3O2S/c1-8-6-7-9(2)13(12(8)15)20(18,19)17-11-5-3-4-10(14)16-11/h3-7H,15H2,1-2H3,(H,16,17). The molecule has 0 saturated carbocycles. The number of hydrogen-bond donors (Lipinski definition) is 2. The Balaban J connectivity index is 2.49. The van der Waals surface area contributed by atoms with Crippen LogP contribution in [0.25, 0.3) is 0 Å². The molecule has 20 heavy (non-hydrogen) atoms. The van der Waals surface area contributed by atoms with E-state index in [-0.39, 0.29) is 16.4 Å². The van der Waals surface area contributed by atoms with E-state index in [0.717, 1.165) is 6.07 Å². The summed E-state index contributed by atoms with van der Waals surface area (Å²) in [4.78, 5) is 3.46. The van der Waals surface area contributed by atoms with E-state index >= 15 is 0 Å². The first-order chi connectivity index (χ1) is 9.31. The van der Waals surface area contributed by atoms with Crippen LogP contribution in [-0.2, 0) is 10.0 Å². The first-order valence-corrected chi connectivity index (χ1v) is 7.30. The number of nitrogen functional groups attached to an aromatic ring is 1. The van der Waals surface area contributed by atoms with Crippen LogP contribution in [0.4, 0.5) is 15.9 Å². The van der Waals surface area contributed by atoms with Gasteiger partial charge in [-0.3, -0.25) is 4.72 Å². The second-order valence-corrected chi connectivity index (χ2v) is 6.01. The Kier molecular flexibility index (Phi) is 3.63. The molecule has 0 fully saturated rings. The van der Waals surface area contributed by atoms with Crippen LogP contribution in [0, 0.1) is 19.8 Å². The molecule has 0 spiro atoms. The van der Waals surface area contributed by atoms with Gasteiger partial charge in [0.15, 0.2) is 0 Å². The highest BCUT2D eigenvalue weighted by Gasteiger charge is 2.21. The molecule has 0 aliphatic heterocycles. The zero-order chi connectivity index (χ0) is 14.9. The molecule has 2 aromatic rings. The monoisotopic (exact) mass is 295 g/mol. The minimum absolute atomic E-state index is 0.0106. The highest BCUT2D eigenvalue weighted by Crippen LogP contribution is 2.27. The van der Waals surface area contributed by atoms with Crippen LogP contribution in [0.15, 0.2) is 35.2 Å². The SMILES string of the molecule is Cc1ccc(C)c(S(=O)(=O)Nc2cccc(F)n2)c1N. The van der Waals surface area contributed by atoms with Crippen molar-refractivity contribution in [2.45, 2.75) is 18.7 Å². The molecule has 1 heterocycles. The van der Waals surface area contributed by atoms with E-state index < -0.39 is 16.0 Å². The lowest BCUT2D eigenvalue weighted by Crippen LogP contribution is -2.17. The smallest absolute Gasteiger partial charge is 0.265 e. The maximum Gasteiger partial charge on any atom is 0.265 e. The zero-order valence-electron chi connectivity index (χ0n) is 11.0. The van der Waals surface area contributed by atoms with Gasteiger partial charge in [-0.2, -0.15) is 4.39 Å². The molecule has 1 aromatic heterocycles. The van der Waals surface area contributed by atoms with Crippen LogP contribution in [0.1, 0.15) is 11.1 Å². The number of hydrogen-bond acceptors (Lipinski definition) is 4. The lowest BCUT2D eigenvalue weighted by molar-refractivity contribution is 0.584. The second-order valence-electron chi connectivity index (χ2n) is 4.39. The summed E-state index contributed by atoms with van der Waals surface area (Å²) in [6.45, 7) is 3.36. The third-order valence-electron chi connectivity index (χ3n) is 2.83. The Labute approximate surface area is 116 Å². The number of nitrogens with two attached hydrogens (primary N) is 1. The van der Waals surface area contributed by atoms with E-state index in [1.807, 2.05) is 0 Å². The quantitative estimate of drug-likeness (QED) is 0.671. The van der Waals surface area contributed by atoms with Crippen molar-refractivity contribution in [1.82, 2.24) is 4.98 Å². The number of aryl methyl sites for hydroxylation is 2. The molecule has 5 nitrogen and oxygen atoms in total. The largest absolute Gasteiger partial charge is 0.397 e. The maximum atomic E-state index is 13.0. The van der Waals surface area contributed by atoms with Crippen molar-refractivity contribution in [2.75, 3.05) is 10.5 Å². The van der Waals surface area contributed by atoms with Gasteiger partial charge in [0.05, 0.1) is 5.69 Å². The Morgan fingerprint density at radius 3 is 2.45 bits per heavy atom. The van der Waals surface area contributed by atoms with Gasteiger partial charge in [-0.15, -0.1) is 0 Å². The molecule has 0 bridgehead atoms. The summed E-state index contributed by atoms with van der Waals surface area (Å²) in [7, 11) is -3.92. The fourth-order valence-electron chi connectivity index (χ4n) is 1.82. The van der Waals surface area contributed by atoms with E-state index in [0.29, 0.717) is 11.1 Å². The van der Waals surface area contributed by atoms with Gasteiger partial charge in [-0.1, -0.05) is 18.2 Å². The van der Waals surface area contributed by atoms with Gasteiger partial charge in [0, 0.05) is 0 Å². The molecule has 0 atom stereocenters. The molecule has 0 aliphatic carbocycles. The van der Waals surface area contributed by atoms with Gasteiger partial charge in [0.1, 0.15) is 10.7 Å². The van der Waals surface area contributed by atoms with Gasteiger partial charge in [-0.25, -0.2) is 13.4 Å². The molecule has 2 rings (SSSR count). The Morgan fingerprint density at radius 1 is 1.15 bits per heavy atom. The summed E-state index contributed by atoms with van der Waals surface area (Å²) < 4.78 is 39.9. The van der Waals surface area contributed by atoms with Crippen LogP contribution >= 0.6 is 0 Å². The average Bonchev–Trinajstić information content (AvgIpc) is 2.33. The minimum atomic E-state index is -3.92. The third kappa shape index (κ3) is 2.72. The molecule has 3 N–H and O–H groups in total. The van der Waals surface area contributed by atoms with E-state index in [1.165, 1.54) is 12.1 Å². The van der Waals surface area contributed by atoms with Crippen molar-refractivity contribution in [2.24, 2.45) is 0 Å². The van der Waals surface area contributed by atoms with E-state index in [4.69, 9.17) is 5.73 Å². The molecule has 0 saturated heterocycles. The van der Waals surface area contributed by atoms with E-state index in [1.54, 1.807) is 26.0 Å². The molecular weight excluding hydrogens is 281 g/mol. The highest BCUT2D eigenvalue weighted by atomic mass is 32.2. The maximum absolute atomic E-state index is 13.0. The first-order valence-electron chi connectivity index (χ1n) is 5.82. The van der Waals surface area contributed by atoms with Crippen molar-refractivity contribution in [3.8, 4) is 0 Å². The predicted molar refractivity (Wildman–Crippen MR) is 75.3 cm³/mol. The first kappa shape index (κ1) is 14.3. The van der Waals surface area contributed by atoms with Gasteiger partial charge in [0.25, 0.3) is 10.0 Å². The molecule has 106 valence electrons. The summed E-state index contributed by atoms with van der Waals surface area (Å²) in [5, 5.41) is 0. The van der Waals surface area contributed by atoms with Crippen molar-refractivity contribution >= 4 is 21.5 Å². The molecule has 0 aliphatic rings. The number of nitrogens with one attached hydrogen (secondary N) is 1. The lowest BCUT2D eigenvalue weighted by atomic mass is 10.1. The van der Waals surface area contributed by atoms with Crippen molar-refractivity contribution in [3.63, 3.8) is 0 Å². The number of nitrogens with zero attached hydrogens (tertiary/aromatic N) is 1. The van der Waals surface area contributed by atoms with Gasteiger partial charge >= 0.3 is 0 Å². The van der Waals surface area contributed by atoms with Crippen LogP contribution in [0.5, 0.6) is 0 Å². The van der Waals surface area contributed by atoms with E-state index in [9.17, 15) is 12.8 Å². The molecule has 7 heteroatoms. The van der Waals surface area contributed by atoms with Crippen molar-refractivity contribution < 1.29 is 12.8 Å².